The van der Waals surface area contributed by atoms with E-state index >= 15 is 0 Å². The van der Waals surface area contributed by atoms with E-state index in [0.29, 0.717) is 12.2 Å². The van der Waals surface area contributed by atoms with Crippen LogP contribution >= 0.6 is 0 Å². The van der Waals surface area contributed by atoms with Crippen LogP contribution in [0.4, 0.5) is 10.1 Å². The highest BCUT2D eigenvalue weighted by molar-refractivity contribution is 5.95. The number of carbonyl (C=O) groups is 2. The minimum atomic E-state index is -0.878. The number of rotatable bonds is 5. The lowest BCUT2D eigenvalue weighted by Crippen LogP contribution is -2.47. The fourth-order valence-corrected chi connectivity index (χ4v) is 1.71. The molecule has 0 fully saturated rings. The van der Waals surface area contributed by atoms with E-state index in [2.05, 4.69) is 16.0 Å². The molecule has 0 spiro atoms. The zero-order chi connectivity index (χ0) is 15.3. The normalized spacial score (nSPS) is 10.8. The van der Waals surface area contributed by atoms with Gasteiger partial charge < -0.3 is 16.0 Å². The van der Waals surface area contributed by atoms with Gasteiger partial charge in [0, 0.05) is 19.3 Å². The van der Waals surface area contributed by atoms with Gasteiger partial charge in [-0.1, -0.05) is 0 Å². The monoisotopic (exact) mass is 281 g/mol. The summed E-state index contributed by atoms with van der Waals surface area (Å²) < 4.78 is 13.8. The highest BCUT2D eigenvalue weighted by Gasteiger charge is 2.27. The van der Waals surface area contributed by atoms with Crippen LogP contribution in [0, 0.1) is 5.82 Å². The molecule has 1 rings (SSSR count). The number of carbonyl (C=O) groups excluding carboxylic acids is 2. The number of benzene rings is 1. The van der Waals surface area contributed by atoms with Crippen LogP contribution in [0.1, 0.15) is 31.1 Å². The summed E-state index contributed by atoms with van der Waals surface area (Å²) in [6, 6.07) is 4.14. The molecule has 6 heteroatoms. The lowest BCUT2D eigenvalue weighted by Gasteiger charge is -2.26. The average molecular weight is 281 g/mol. The first kappa shape index (κ1) is 15.9. The number of likely N-dealkylation sites (N-methyl/N-ethyl adjacent to an activating group) is 1. The molecule has 0 radical (unpaired) electrons. The van der Waals surface area contributed by atoms with E-state index in [0.717, 1.165) is 0 Å². The molecule has 3 N–H and O–H groups in total. The summed E-state index contributed by atoms with van der Waals surface area (Å²) in [4.78, 5) is 23.2. The van der Waals surface area contributed by atoms with Crippen molar-refractivity contribution in [3.63, 3.8) is 0 Å². The Kier molecular flexibility index (Phi) is 5.07. The topological polar surface area (TPSA) is 70.2 Å². The molecule has 20 heavy (non-hydrogen) atoms. The number of amides is 2. The Bertz CT molecular complexity index is 515. The summed E-state index contributed by atoms with van der Waals surface area (Å²) in [5.74, 6) is -1.31. The standard InChI is InChI=1S/C14H20FN3O2/c1-5-17-13(20)14(2,3)18-9-6-7-10(11(15)8-9)12(19)16-4/h6-8,18H,5H2,1-4H3,(H,16,19)(H,17,20). The Labute approximate surface area is 117 Å². The molecule has 110 valence electrons. The van der Waals surface area contributed by atoms with E-state index in [1.165, 1.54) is 19.2 Å². The zero-order valence-electron chi connectivity index (χ0n) is 12.1. The minimum absolute atomic E-state index is 0.0335. The molecule has 0 aliphatic heterocycles. The summed E-state index contributed by atoms with van der Waals surface area (Å²) in [7, 11) is 1.44. The van der Waals surface area contributed by atoms with Crippen molar-refractivity contribution in [1.82, 2.24) is 10.6 Å². The SMILES string of the molecule is CCNC(=O)C(C)(C)Nc1ccc(C(=O)NC)c(F)c1. The zero-order valence-corrected chi connectivity index (χ0v) is 12.1. The highest BCUT2D eigenvalue weighted by atomic mass is 19.1. The van der Waals surface area contributed by atoms with E-state index in [1.54, 1.807) is 19.9 Å². The van der Waals surface area contributed by atoms with Gasteiger partial charge in [0.1, 0.15) is 11.4 Å². The van der Waals surface area contributed by atoms with Gasteiger partial charge in [0.2, 0.25) is 5.91 Å². The Morgan fingerprint density at radius 3 is 2.45 bits per heavy atom. The first-order valence-electron chi connectivity index (χ1n) is 6.40. The molecule has 0 heterocycles. The van der Waals surface area contributed by atoms with Crippen LogP contribution in [0.2, 0.25) is 0 Å². The number of hydrogen-bond acceptors (Lipinski definition) is 3. The van der Waals surface area contributed by atoms with Gasteiger partial charge in [-0.2, -0.15) is 0 Å². The number of hydrogen-bond donors (Lipinski definition) is 3. The molecule has 0 aliphatic carbocycles. The van der Waals surface area contributed by atoms with Crippen LogP contribution in [-0.4, -0.2) is 30.9 Å². The summed E-state index contributed by atoms with van der Waals surface area (Å²) in [5, 5.41) is 8.01. The van der Waals surface area contributed by atoms with Gasteiger partial charge in [-0.3, -0.25) is 9.59 Å². The second kappa shape index (κ2) is 6.36. The largest absolute Gasteiger partial charge is 0.372 e. The predicted molar refractivity (Wildman–Crippen MR) is 76.2 cm³/mol. The molecule has 1 aromatic carbocycles. The van der Waals surface area contributed by atoms with Crippen molar-refractivity contribution in [2.24, 2.45) is 0 Å². The molecular weight excluding hydrogens is 261 g/mol. The summed E-state index contributed by atoms with van der Waals surface area (Å²) in [5.41, 5.74) is -0.475. The van der Waals surface area contributed by atoms with Crippen molar-refractivity contribution in [3.05, 3.63) is 29.6 Å². The van der Waals surface area contributed by atoms with E-state index in [4.69, 9.17) is 0 Å². The molecule has 1 aromatic rings. The maximum Gasteiger partial charge on any atom is 0.253 e. The van der Waals surface area contributed by atoms with Crippen LogP contribution in [0.15, 0.2) is 18.2 Å². The average Bonchev–Trinajstić information content (AvgIpc) is 2.38. The fourth-order valence-electron chi connectivity index (χ4n) is 1.71. The van der Waals surface area contributed by atoms with E-state index in [9.17, 15) is 14.0 Å². The van der Waals surface area contributed by atoms with Crippen molar-refractivity contribution < 1.29 is 14.0 Å². The Hall–Kier alpha value is -2.11. The summed E-state index contributed by atoms with van der Waals surface area (Å²) in [6.45, 7) is 5.74. The lowest BCUT2D eigenvalue weighted by molar-refractivity contribution is -0.124. The molecule has 0 aromatic heterocycles. The van der Waals surface area contributed by atoms with Crippen LogP contribution < -0.4 is 16.0 Å². The Morgan fingerprint density at radius 2 is 1.95 bits per heavy atom. The molecule has 5 nitrogen and oxygen atoms in total. The summed E-state index contributed by atoms with van der Waals surface area (Å²) >= 11 is 0. The maximum atomic E-state index is 13.8. The first-order chi connectivity index (χ1) is 9.31. The third-order valence-corrected chi connectivity index (χ3v) is 2.80. The first-order valence-corrected chi connectivity index (χ1v) is 6.40. The van der Waals surface area contributed by atoms with Gasteiger partial charge in [-0.15, -0.1) is 0 Å². The van der Waals surface area contributed by atoms with Gasteiger partial charge in [-0.25, -0.2) is 4.39 Å². The van der Waals surface area contributed by atoms with Gasteiger partial charge in [-0.05, 0) is 39.0 Å². The van der Waals surface area contributed by atoms with Crippen molar-refractivity contribution >= 4 is 17.5 Å². The molecule has 0 bridgehead atoms. The fraction of sp³-hybridized carbons (Fsp3) is 0.429. The predicted octanol–water partition coefficient (Wildman–Crippen LogP) is 1.51. The molecule has 0 saturated carbocycles. The molecule has 0 unspecified atom stereocenters. The van der Waals surface area contributed by atoms with Crippen LogP contribution in [0.25, 0.3) is 0 Å². The third-order valence-electron chi connectivity index (χ3n) is 2.80. The number of anilines is 1. The van der Waals surface area contributed by atoms with Gasteiger partial charge >= 0.3 is 0 Å². The highest BCUT2D eigenvalue weighted by Crippen LogP contribution is 2.19. The van der Waals surface area contributed by atoms with Crippen molar-refractivity contribution in [1.29, 1.82) is 0 Å². The summed E-state index contributed by atoms with van der Waals surface area (Å²) in [6.07, 6.45) is 0. The lowest BCUT2D eigenvalue weighted by atomic mass is 10.0. The Morgan fingerprint density at radius 1 is 1.30 bits per heavy atom. The smallest absolute Gasteiger partial charge is 0.253 e. The van der Waals surface area contributed by atoms with Gasteiger partial charge in [0.05, 0.1) is 5.56 Å². The second-order valence-electron chi connectivity index (χ2n) is 4.88. The van der Waals surface area contributed by atoms with Gasteiger partial charge in [0.15, 0.2) is 0 Å². The maximum absolute atomic E-state index is 13.8. The quantitative estimate of drug-likeness (QED) is 0.766. The van der Waals surface area contributed by atoms with Crippen molar-refractivity contribution in [3.8, 4) is 0 Å². The number of halogens is 1. The molecule has 0 aliphatic rings. The van der Waals surface area contributed by atoms with Crippen LogP contribution in [0.3, 0.4) is 0 Å². The minimum Gasteiger partial charge on any atom is -0.372 e. The molecule has 0 atom stereocenters. The van der Waals surface area contributed by atoms with Crippen LogP contribution in [0.5, 0.6) is 0 Å². The number of nitrogens with one attached hydrogen (secondary N) is 3. The Balaban J connectivity index is 2.92. The van der Waals surface area contributed by atoms with Crippen molar-refractivity contribution in [2.45, 2.75) is 26.3 Å². The molecule has 2 amide bonds. The van der Waals surface area contributed by atoms with Gasteiger partial charge in [0.25, 0.3) is 5.91 Å². The van der Waals surface area contributed by atoms with E-state index in [-0.39, 0.29) is 11.5 Å². The van der Waals surface area contributed by atoms with E-state index < -0.39 is 17.3 Å². The van der Waals surface area contributed by atoms with E-state index in [1.807, 2.05) is 6.92 Å². The third kappa shape index (κ3) is 3.69. The molecule has 0 saturated heterocycles. The second-order valence-corrected chi connectivity index (χ2v) is 4.88. The van der Waals surface area contributed by atoms with Crippen LogP contribution in [-0.2, 0) is 4.79 Å². The van der Waals surface area contributed by atoms with Crippen molar-refractivity contribution in [2.75, 3.05) is 18.9 Å². The molecular formula is C14H20FN3O2.